The number of carbonyl (C=O) groups is 1. The lowest BCUT2D eigenvalue weighted by Gasteiger charge is -2.26. The molecule has 0 spiro atoms. The van der Waals surface area contributed by atoms with Crippen LogP contribution >= 0.6 is 0 Å². The Hall–Kier alpha value is -2.16. The second kappa shape index (κ2) is 6.95. The Morgan fingerprint density at radius 1 is 0.913 bits per heavy atom. The van der Waals surface area contributed by atoms with Crippen LogP contribution in [0.5, 0.6) is 0 Å². The zero-order chi connectivity index (χ0) is 16.2. The monoisotopic (exact) mass is 312 g/mol. The number of halogens is 1. The van der Waals surface area contributed by atoms with Gasteiger partial charge in [-0.3, -0.25) is 0 Å². The Balaban J connectivity index is 1.64. The van der Waals surface area contributed by atoms with Gasteiger partial charge >= 0.3 is 5.97 Å². The molecule has 23 heavy (non-hydrogen) atoms. The maximum Gasteiger partial charge on any atom is 0.338 e. The standard InChI is InChI=1S/C20H21FO2/c1-14-2-12-19(13-3-14)23-20(22)17-6-4-15(5-7-17)16-8-10-18(21)11-9-16/h4-11,14,19H,2-3,12-13H2,1H3. The van der Waals surface area contributed by atoms with Crippen LogP contribution in [0.2, 0.25) is 0 Å². The van der Waals surface area contributed by atoms with Crippen molar-refractivity contribution < 1.29 is 13.9 Å². The number of benzene rings is 2. The molecule has 0 heterocycles. The Kier molecular flexibility index (Phi) is 4.75. The minimum absolute atomic E-state index is 0.0514. The fraction of sp³-hybridized carbons (Fsp3) is 0.350. The van der Waals surface area contributed by atoms with Crippen LogP contribution in [0.1, 0.15) is 43.0 Å². The first-order valence-corrected chi connectivity index (χ1v) is 8.19. The first-order chi connectivity index (χ1) is 11.1. The predicted octanol–water partition coefficient (Wildman–Crippen LogP) is 5.23. The largest absolute Gasteiger partial charge is 0.459 e. The van der Waals surface area contributed by atoms with Gasteiger partial charge in [0.25, 0.3) is 0 Å². The molecule has 120 valence electrons. The summed E-state index contributed by atoms with van der Waals surface area (Å²) >= 11 is 0. The summed E-state index contributed by atoms with van der Waals surface area (Å²) in [7, 11) is 0. The quantitative estimate of drug-likeness (QED) is 0.726. The van der Waals surface area contributed by atoms with Crippen LogP contribution in [0.25, 0.3) is 11.1 Å². The summed E-state index contributed by atoms with van der Waals surface area (Å²) < 4.78 is 18.6. The third-order valence-electron chi connectivity index (χ3n) is 4.53. The van der Waals surface area contributed by atoms with Gasteiger partial charge in [-0.1, -0.05) is 31.2 Å². The van der Waals surface area contributed by atoms with Crippen molar-refractivity contribution >= 4 is 5.97 Å². The van der Waals surface area contributed by atoms with E-state index in [1.807, 2.05) is 12.1 Å². The van der Waals surface area contributed by atoms with E-state index in [2.05, 4.69) is 6.92 Å². The lowest BCUT2D eigenvalue weighted by atomic mass is 9.89. The highest BCUT2D eigenvalue weighted by Crippen LogP contribution is 2.26. The van der Waals surface area contributed by atoms with Gasteiger partial charge in [0, 0.05) is 0 Å². The smallest absolute Gasteiger partial charge is 0.338 e. The van der Waals surface area contributed by atoms with E-state index in [9.17, 15) is 9.18 Å². The Morgan fingerprint density at radius 2 is 1.43 bits per heavy atom. The van der Waals surface area contributed by atoms with Gasteiger partial charge in [0.2, 0.25) is 0 Å². The van der Waals surface area contributed by atoms with Crippen LogP contribution < -0.4 is 0 Å². The molecule has 3 heteroatoms. The van der Waals surface area contributed by atoms with Crippen LogP contribution in [0.4, 0.5) is 4.39 Å². The molecule has 3 rings (SSSR count). The van der Waals surface area contributed by atoms with Crippen LogP contribution in [-0.2, 0) is 4.74 Å². The van der Waals surface area contributed by atoms with Crippen LogP contribution in [0, 0.1) is 11.7 Å². The van der Waals surface area contributed by atoms with E-state index in [0.29, 0.717) is 5.56 Å². The molecule has 1 saturated carbocycles. The van der Waals surface area contributed by atoms with E-state index in [1.54, 1.807) is 24.3 Å². The van der Waals surface area contributed by atoms with Crippen molar-refractivity contribution in [2.45, 2.75) is 38.7 Å². The van der Waals surface area contributed by atoms with Gasteiger partial charge in [-0.2, -0.15) is 0 Å². The van der Waals surface area contributed by atoms with Crippen molar-refractivity contribution in [3.8, 4) is 11.1 Å². The van der Waals surface area contributed by atoms with Gasteiger partial charge in [0.15, 0.2) is 0 Å². The molecule has 0 amide bonds. The van der Waals surface area contributed by atoms with Gasteiger partial charge in [0.05, 0.1) is 5.56 Å². The normalized spacial score (nSPS) is 21.0. The van der Waals surface area contributed by atoms with Crippen LogP contribution in [0.15, 0.2) is 48.5 Å². The fourth-order valence-corrected chi connectivity index (χ4v) is 3.01. The van der Waals surface area contributed by atoms with E-state index in [0.717, 1.165) is 42.7 Å². The second-order valence-corrected chi connectivity index (χ2v) is 6.37. The minimum atomic E-state index is -0.254. The van der Waals surface area contributed by atoms with Gasteiger partial charge in [0.1, 0.15) is 11.9 Å². The molecule has 0 radical (unpaired) electrons. The molecule has 2 nitrogen and oxygen atoms in total. The molecule has 0 atom stereocenters. The Bertz CT molecular complexity index is 653. The zero-order valence-corrected chi connectivity index (χ0v) is 13.3. The fourth-order valence-electron chi connectivity index (χ4n) is 3.01. The van der Waals surface area contributed by atoms with Gasteiger partial charge in [-0.05, 0) is 67.0 Å². The second-order valence-electron chi connectivity index (χ2n) is 6.37. The summed E-state index contributed by atoms with van der Waals surface area (Å²) in [4.78, 5) is 12.2. The molecule has 2 aromatic rings. The Morgan fingerprint density at radius 3 is 2.00 bits per heavy atom. The van der Waals surface area contributed by atoms with Crippen molar-refractivity contribution in [2.24, 2.45) is 5.92 Å². The number of carbonyl (C=O) groups excluding carboxylic acids is 1. The molecular weight excluding hydrogens is 291 g/mol. The molecule has 0 aliphatic heterocycles. The van der Waals surface area contributed by atoms with Crippen molar-refractivity contribution in [1.29, 1.82) is 0 Å². The van der Waals surface area contributed by atoms with E-state index >= 15 is 0 Å². The molecular formula is C20H21FO2. The van der Waals surface area contributed by atoms with Crippen molar-refractivity contribution in [1.82, 2.24) is 0 Å². The van der Waals surface area contributed by atoms with E-state index in [-0.39, 0.29) is 17.9 Å². The van der Waals surface area contributed by atoms with Crippen LogP contribution in [-0.4, -0.2) is 12.1 Å². The maximum absolute atomic E-state index is 13.0. The molecule has 0 aromatic heterocycles. The topological polar surface area (TPSA) is 26.3 Å². The number of hydrogen-bond donors (Lipinski definition) is 0. The van der Waals surface area contributed by atoms with Crippen molar-refractivity contribution in [3.05, 3.63) is 59.9 Å². The number of rotatable bonds is 3. The summed E-state index contributed by atoms with van der Waals surface area (Å²) in [5.41, 5.74) is 2.44. The molecule has 1 aliphatic carbocycles. The van der Waals surface area contributed by atoms with E-state index in [1.165, 1.54) is 12.1 Å². The summed E-state index contributed by atoms with van der Waals surface area (Å²) in [6, 6.07) is 13.6. The molecule has 0 bridgehead atoms. The summed E-state index contributed by atoms with van der Waals surface area (Å²) in [5.74, 6) is 0.228. The number of ether oxygens (including phenoxy) is 1. The summed E-state index contributed by atoms with van der Waals surface area (Å²) in [5, 5.41) is 0. The van der Waals surface area contributed by atoms with Gasteiger partial charge < -0.3 is 4.74 Å². The molecule has 2 aromatic carbocycles. The summed E-state index contributed by atoms with van der Waals surface area (Å²) in [6.45, 7) is 2.24. The summed E-state index contributed by atoms with van der Waals surface area (Å²) in [6.07, 6.45) is 4.22. The highest BCUT2D eigenvalue weighted by Gasteiger charge is 2.22. The van der Waals surface area contributed by atoms with Crippen LogP contribution in [0.3, 0.4) is 0 Å². The highest BCUT2D eigenvalue weighted by atomic mass is 19.1. The minimum Gasteiger partial charge on any atom is -0.459 e. The number of esters is 1. The van der Waals surface area contributed by atoms with E-state index < -0.39 is 0 Å². The zero-order valence-electron chi connectivity index (χ0n) is 13.3. The lowest BCUT2D eigenvalue weighted by molar-refractivity contribution is 0.0174. The third-order valence-corrected chi connectivity index (χ3v) is 4.53. The molecule has 0 saturated heterocycles. The highest BCUT2D eigenvalue weighted by molar-refractivity contribution is 5.90. The average Bonchev–Trinajstić information content (AvgIpc) is 2.58. The predicted molar refractivity (Wildman–Crippen MR) is 88.7 cm³/mol. The number of hydrogen-bond acceptors (Lipinski definition) is 2. The Labute approximate surface area is 136 Å². The third kappa shape index (κ3) is 3.98. The molecule has 0 unspecified atom stereocenters. The first kappa shape index (κ1) is 15.7. The van der Waals surface area contributed by atoms with Gasteiger partial charge in [-0.15, -0.1) is 0 Å². The van der Waals surface area contributed by atoms with Crippen molar-refractivity contribution in [2.75, 3.05) is 0 Å². The SMILES string of the molecule is CC1CCC(OC(=O)c2ccc(-c3ccc(F)cc3)cc2)CC1. The maximum atomic E-state index is 13.0. The molecule has 0 N–H and O–H groups in total. The van der Waals surface area contributed by atoms with Gasteiger partial charge in [-0.25, -0.2) is 9.18 Å². The van der Waals surface area contributed by atoms with Crippen molar-refractivity contribution in [3.63, 3.8) is 0 Å². The average molecular weight is 312 g/mol. The first-order valence-electron chi connectivity index (χ1n) is 8.19. The molecule has 1 fully saturated rings. The van der Waals surface area contributed by atoms with E-state index in [4.69, 9.17) is 4.74 Å². The lowest BCUT2D eigenvalue weighted by Crippen LogP contribution is -2.23. The molecule has 1 aliphatic rings.